The third kappa shape index (κ3) is 3.92. The van der Waals surface area contributed by atoms with E-state index in [2.05, 4.69) is 20.5 Å². The molecule has 3 aromatic rings. The van der Waals surface area contributed by atoms with Crippen molar-refractivity contribution < 1.29 is 14.7 Å². The lowest BCUT2D eigenvalue weighted by atomic mass is 10.1. The minimum atomic E-state index is -1.13. The number of hydrogen-bond donors (Lipinski definition) is 2. The van der Waals surface area contributed by atoms with Gasteiger partial charge in [-0.3, -0.25) is 4.79 Å². The molecule has 3 rings (SSSR count). The van der Waals surface area contributed by atoms with E-state index in [4.69, 9.17) is 5.11 Å². The van der Waals surface area contributed by atoms with Gasteiger partial charge in [0.25, 0.3) is 5.91 Å². The molecule has 0 saturated heterocycles. The van der Waals surface area contributed by atoms with Gasteiger partial charge in [0, 0.05) is 16.0 Å². The Bertz CT molecular complexity index is 947. The molecule has 0 fully saturated rings. The highest BCUT2D eigenvalue weighted by Crippen LogP contribution is 2.19. The first-order chi connectivity index (χ1) is 12.4. The van der Waals surface area contributed by atoms with E-state index in [-0.39, 0.29) is 11.6 Å². The second kappa shape index (κ2) is 7.40. The summed E-state index contributed by atoms with van der Waals surface area (Å²) in [5.41, 5.74) is 2.51. The lowest BCUT2D eigenvalue weighted by molar-refractivity contribution is 0.0689. The summed E-state index contributed by atoms with van der Waals surface area (Å²) in [4.78, 5) is 28.8. The lowest BCUT2D eigenvalue weighted by Crippen LogP contribution is -2.22. The van der Waals surface area contributed by atoms with Gasteiger partial charge in [0.1, 0.15) is 5.01 Å². The minimum Gasteiger partial charge on any atom is -0.476 e. The average Bonchev–Trinajstić information content (AvgIpc) is 2.97. The van der Waals surface area contributed by atoms with Gasteiger partial charge in [0.2, 0.25) is 0 Å². The molecule has 2 aromatic heterocycles. The van der Waals surface area contributed by atoms with Crippen LogP contribution in [-0.2, 0) is 6.54 Å². The zero-order valence-electron chi connectivity index (χ0n) is 14.2. The Balaban J connectivity index is 1.73. The predicted octanol–water partition coefficient (Wildman–Crippen LogP) is 2.85. The first-order valence-corrected chi connectivity index (χ1v) is 8.64. The number of hydrogen-bond acceptors (Lipinski definition) is 6. The first kappa shape index (κ1) is 17.7. The summed E-state index contributed by atoms with van der Waals surface area (Å²) >= 11 is 1.56. The second-order valence-electron chi connectivity index (χ2n) is 5.62. The SMILES string of the molecule is Cc1nc(CNC(=O)c2cccc(-c3ccc(C(=O)O)nn3)c2)sc1C. The maximum atomic E-state index is 12.4. The van der Waals surface area contributed by atoms with Crippen molar-refractivity contribution in [2.75, 3.05) is 0 Å². The van der Waals surface area contributed by atoms with Gasteiger partial charge in [0.15, 0.2) is 5.69 Å². The quantitative estimate of drug-likeness (QED) is 0.717. The second-order valence-corrected chi connectivity index (χ2v) is 6.91. The molecule has 7 nitrogen and oxygen atoms in total. The Morgan fingerprint density at radius 3 is 2.58 bits per heavy atom. The van der Waals surface area contributed by atoms with Crippen LogP contribution < -0.4 is 5.32 Å². The molecule has 132 valence electrons. The molecule has 2 heterocycles. The van der Waals surface area contributed by atoms with Crippen molar-refractivity contribution in [1.29, 1.82) is 0 Å². The van der Waals surface area contributed by atoms with E-state index < -0.39 is 5.97 Å². The number of thiazole rings is 1. The van der Waals surface area contributed by atoms with Crippen molar-refractivity contribution in [3.8, 4) is 11.3 Å². The van der Waals surface area contributed by atoms with Crippen LogP contribution in [-0.4, -0.2) is 32.2 Å². The average molecular weight is 368 g/mol. The zero-order valence-corrected chi connectivity index (χ0v) is 15.0. The number of aromatic nitrogens is 3. The standard InChI is InChI=1S/C18H16N4O3S/c1-10-11(2)26-16(20-10)9-19-17(23)13-5-3-4-12(8-13)14-6-7-15(18(24)25)22-21-14/h3-8H,9H2,1-2H3,(H,19,23)(H,24,25). The highest BCUT2D eigenvalue weighted by Gasteiger charge is 2.11. The van der Waals surface area contributed by atoms with Gasteiger partial charge in [0.05, 0.1) is 17.9 Å². The Hall–Kier alpha value is -3.13. The molecule has 1 amide bonds. The van der Waals surface area contributed by atoms with Gasteiger partial charge < -0.3 is 10.4 Å². The maximum Gasteiger partial charge on any atom is 0.356 e. The van der Waals surface area contributed by atoms with Crippen LogP contribution in [0.4, 0.5) is 0 Å². The molecule has 0 radical (unpaired) electrons. The van der Waals surface area contributed by atoms with Crippen LogP contribution in [0.5, 0.6) is 0 Å². The molecular formula is C18H16N4O3S. The van der Waals surface area contributed by atoms with Crippen LogP contribution in [0, 0.1) is 13.8 Å². The van der Waals surface area contributed by atoms with E-state index in [1.165, 1.54) is 6.07 Å². The third-order valence-electron chi connectivity index (χ3n) is 3.78. The molecule has 0 spiro atoms. The van der Waals surface area contributed by atoms with Crippen LogP contribution in [0.2, 0.25) is 0 Å². The number of nitrogens with zero attached hydrogens (tertiary/aromatic N) is 3. The first-order valence-electron chi connectivity index (χ1n) is 7.82. The number of nitrogens with one attached hydrogen (secondary N) is 1. The largest absolute Gasteiger partial charge is 0.476 e. The molecule has 0 aliphatic heterocycles. The zero-order chi connectivity index (χ0) is 18.7. The molecule has 2 N–H and O–H groups in total. The summed E-state index contributed by atoms with van der Waals surface area (Å²) in [5.74, 6) is -1.35. The van der Waals surface area contributed by atoms with Gasteiger partial charge in [-0.25, -0.2) is 9.78 Å². The molecule has 0 saturated carbocycles. The fourth-order valence-electron chi connectivity index (χ4n) is 2.29. The maximum absolute atomic E-state index is 12.4. The Kier molecular flexibility index (Phi) is 5.04. The molecule has 26 heavy (non-hydrogen) atoms. The molecular weight excluding hydrogens is 352 g/mol. The summed E-state index contributed by atoms with van der Waals surface area (Å²) in [6, 6.07) is 9.87. The van der Waals surface area contributed by atoms with Crippen LogP contribution >= 0.6 is 11.3 Å². The number of carboxylic acid groups (broad SMARTS) is 1. The van der Waals surface area contributed by atoms with Crippen LogP contribution in [0.3, 0.4) is 0 Å². The monoisotopic (exact) mass is 368 g/mol. The molecule has 0 aliphatic rings. The number of benzene rings is 1. The molecule has 0 atom stereocenters. The van der Waals surface area contributed by atoms with E-state index in [1.807, 2.05) is 13.8 Å². The number of aryl methyl sites for hydroxylation is 2. The Labute approximate surface area is 153 Å². The molecule has 0 bridgehead atoms. The number of carboxylic acids is 1. The fourth-order valence-corrected chi connectivity index (χ4v) is 3.17. The van der Waals surface area contributed by atoms with Crippen molar-refractivity contribution in [3.05, 3.63) is 63.2 Å². The summed E-state index contributed by atoms with van der Waals surface area (Å²) < 4.78 is 0. The minimum absolute atomic E-state index is 0.128. The van der Waals surface area contributed by atoms with E-state index in [1.54, 1.807) is 41.7 Å². The summed E-state index contributed by atoms with van der Waals surface area (Å²) in [7, 11) is 0. The molecule has 1 aromatic carbocycles. The van der Waals surface area contributed by atoms with Crippen molar-refractivity contribution in [3.63, 3.8) is 0 Å². The van der Waals surface area contributed by atoms with E-state index in [0.29, 0.717) is 23.4 Å². The lowest BCUT2D eigenvalue weighted by Gasteiger charge is -2.06. The highest BCUT2D eigenvalue weighted by atomic mass is 32.1. The summed E-state index contributed by atoms with van der Waals surface area (Å²) in [5, 5.41) is 20.2. The van der Waals surface area contributed by atoms with Crippen LogP contribution in [0.15, 0.2) is 36.4 Å². The van der Waals surface area contributed by atoms with Crippen LogP contribution in [0.1, 0.15) is 36.4 Å². The topological polar surface area (TPSA) is 105 Å². The number of rotatable bonds is 5. The predicted molar refractivity (Wildman–Crippen MR) is 97.2 cm³/mol. The van der Waals surface area contributed by atoms with Gasteiger partial charge >= 0.3 is 5.97 Å². The molecule has 0 unspecified atom stereocenters. The third-order valence-corrected chi connectivity index (χ3v) is 4.85. The number of carbonyl (C=O) groups is 2. The van der Waals surface area contributed by atoms with E-state index in [0.717, 1.165) is 15.6 Å². The number of amides is 1. The summed E-state index contributed by atoms with van der Waals surface area (Å²) in [6.45, 7) is 4.31. The smallest absolute Gasteiger partial charge is 0.356 e. The van der Waals surface area contributed by atoms with Gasteiger partial charge in [-0.05, 0) is 38.1 Å². The molecule has 8 heteroatoms. The summed E-state index contributed by atoms with van der Waals surface area (Å²) in [6.07, 6.45) is 0. The van der Waals surface area contributed by atoms with Crippen molar-refractivity contribution >= 4 is 23.2 Å². The number of aromatic carboxylic acids is 1. The van der Waals surface area contributed by atoms with Gasteiger partial charge in [-0.15, -0.1) is 21.5 Å². The van der Waals surface area contributed by atoms with E-state index >= 15 is 0 Å². The van der Waals surface area contributed by atoms with E-state index in [9.17, 15) is 9.59 Å². The Morgan fingerprint density at radius 1 is 1.15 bits per heavy atom. The fraction of sp³-hybridized carbons (Fsp3) is 0.167. The number of carbonyl (C=O) groups excluding carboxylic acids is 1. The Morgan fingerprint density at radius 2 is 1.96 bits per heavy atom. The van der Waals surface area contributed by atoms with Gasteiger partial charge in [-0.1, -0.05) is 12.1 Å². The van der Waals surface area contributed by atoms with Crippen molar-refractivity contribution in [2.24, 2.45) is 0 Å². The van der Waals surface area contributed by atoms with Crippen molar-refractivity contribution in [1.82, 2.24) is 20.5 Å². The van der Waals surface area contributed by atoms with Crippen LogP contribution in [0.25, 0.3) is 11.3 Å². The normalized spacial score (nSPS) is 10.5. The van der Waals surface area contributed by atoms with Crippen molar-refractivity contribution in [2.45, 2.75) is 20.4 Å². The highest BCUT2D eigenvalue weighted by molar-refractivity contribution is 7.11. The molecule has 0 aliphatic carbocycles. The van der Waals surface area contributed by atoms with Gasteiger partial charge in [-0.2, -0.15) is 0 Å².